The van der Waals surface area contributed by atoms with Gasteiger partial charge in [-0.2, -0.15) is 10.2 Å². The minimum Gasteiger partial charge on any atom is -0.385 e. The Morgan fingerprint density at radius 3 is 2.04 bits per heavy atom. The van der Waals surface area contributed by atoms with Crippen molar-refractivity contribution in [2.45, 2.75) is 25.7 Å². The molecule has 0 atom stereocenters. The normalized spacial score (nSPS) is 11.0. The van der Waals surface area contributed by atoms with Crippen molar-refractivity contribution in [1.82, 2.24) is 5.32 Å². The molecule has 0 aromatic heterocycles. The van der Waals surface area contributed by atoms with Crippen LogP contribution in [0.3, 0.4) is 0 Å². The third-order valence-corrected chi connectivity index (χ3v) is 4.34. The van der Waals surface area contributed by atoms with Crippen molar-refractivity contribution >= 4 is 23.0 Å². The van der Waals surface area contributed by atoms with Gasteiger partial charge in [0, 0.05) is 45.6 Å². The second-order valence-electron chi connectivity index (χ2n) is 6.82. The largest absolute Gasteiger partial charge is 0.385 e. The van der Waals surface area contributed by atoms with Gasteiger partial charge in [-0.15, -0.1) is 0 Å². The Morgan fingerprint density at radius 1 is 0.893 bits per heavy atom. The van der Waals surface area contributed by atoms with E-state index in [-0.39, 0.29) is 5.91 Å². The van der Waals surface area contributed by atoms with Gasteiger partial charge in [-0.3, -0.25) is 4.79 Å². The maximum absolute atomic E-state index is 12.2. The number of nitrogens with zero attached hydrogens (tertiary/aromatic N) is 3. The summed E-state index contributed by atoms with van der Waals surface area (Å²) in [4.78, 5) is 14.2. The van der Waals surface area contributed by atoms with E-state index in [9.17, 15) is 4.79 Å². The molecule has 0 radical (unpaired) electrons. The SMILES string of the molecule is COCCCCCCNC(=O)c1ccc(N=Nc2ccc(N(C)C)cc2)cc1. The number of hydrogen-bond donors (Lipinski definition) is 1. The molecule has 0 aliphatic rings. The number of carbonyl (C=O) groups is 1. The lowest BCUT2D eigenvalue weighted by atomic mass is 10.1. The summed E-state index contributed by atoms with van der Waals surface area (Å²) in [5.74, 6) is -0.0559. The molecule has 0 bridgehead atoms. The molecule has 2 aromatic rings. The summed E-state index contributed by atoms with van der Waals surface area (Å²) in [6, 6.07) is 15.0. The van der Waals surface area contributed by atoms with E-state index in [0.29, 0.717) is 17.8 Å². The molecule has 2 rings (SSSR count). The van der Waals surface area contributed by atoms with Crippen molar-refractivity contribution < 1.29 is 9.53 Å². The number of anilines is 1. The van der Waals surface area contributed by atoms with Gasteiger partial charge >= 0.3 is 0 Å². The number of ether oxygens (including phenoxy) is 1. The van der Waals surface area contributed by atoms with Crippen LogP contribution in [0.25, 0.3) is 0 Å². The van der Waals surface area contributed by atoms with Gasteiger partial charge in [0.05, 0.1) is 11.4 Å². The summed E-state index contributed by atoms with van der Waals surface area (Å²) in [6.45, 7) is 1.49. The summed E-state index contributed by atoms with van der Waals surface area (Å²) in [5, 5.41) is 11.4. The van der Waals surface area contributed by atoms with Gasteiger partial charge in [0.2, 0.25) is 0 Å². The highest BCUT2D eigenvalue weighted by Crippen LogP contribution is 2.21. The van der Waals surface area contributed by atoms with Gasteiger partial charge < -0.3 is 15.0 Å². The van der Waals surface area contributed by atoms with Gasteiger partial charge in [0.1, 0.15) is 0 Å². The van der Waals surface area contributed by atoms with Crippen molar-refractivity contribution in [3.63, 3.8) is 0 Å². The van der Waals surface area contributed by atoms with E-state index in [1.54, 1.807) is 31.4 Å². The summed E-state index contributed by atoms with van der Waals surface area (Å²) in [7, 11) is 5.71. The highest BCUT2D eigenvalue weighted by Gasteiger charge is 2.04. The fourth-order valence-electron chi connectivity index (χ4n) is 2.64. The molecule has 0 unspecified atom stereocenters. The molecule has 0 aliphatic heterocycles. The van der Waals surface area contributed by atoms with Crippen LogP contribution in [0.2, 0.25) is 0 Å². The zero-order valence-electron chi connectivity index (χ0n) is 17.0. The first-order valence-corrected chi connectivity index (χ1v) is 9.66. The van der Waals surface area contributed by atoms with Crippen molar-refractivity contribution in [2.75, 3.05) is 39.3 Å². The van der Waals surface area contributed by atoms with Crippen molar-refractivity contribution in [3.8, 4) is 0 Å². The lowest BCUT2D eigenvalue weighted by molar-refractivity contribution is 0.0953. The molecule has 0 spiro atoms. The summed E-state index contributed by atoms with van der Waals surface area (Å²) in [5.41, 5.74) is 3.25. The maximum Gasteiger partial charge on any atom is 0.251 e. The lowest BCUT2D eigenvalue weighted by Crippen LogP contribution is -2.24. The fourth-order valence-corrected chi connectivity index (χ4v) is 2.64. The average molecular weight is 383 g/mol. The Hall–Kier alpha value is -2.73. The molecule has 0 fully saturated rings. The van der Waals surface area contributed by atoms with Crippen molar-refractivity contribution in [3.05, 3.63) is 54.1 Å². The monoisotopic (exact) mass is 382 g/mol. The first kappa shape index (κ1) is 21.6. The average Bonchev–Trinajstić information content (AvgIpc) is 2.72. The molecule has 1 amide bonds. The highest BCUT2D eigenvalue weighted by molar-refractivity contribution is 5.94. The molecule has 28 heavy (non-hydrogen) atoms. The van der Waals surface area contributed by atoms with Crippen molar-refractivity contribution in [2.24, 2.45) is 10.2 Å². The van der Waals surface area contributed by atoms with Crippen LogP contribution < -0.4 is 10.2 Å². The lowest BCUT2D eigenvalue weighted by Gasteiger charge is -2.11. The first-order valence-electron chi connectivity index (χ1n) is 9.66. The van der Waals surface area contributed by atoms with Crippen LogP contribution in [-0.2, 0) is 4.74 Å². The van der Waals surface area contributed by atoms with Gasteiger partial charge in [0.25, 0.3) is 5.91 Å². The first-order chi connectivity index (χ1) is 13.6. The van der Waals surface area contributed by atoms with Gasteiger partial charge in [-0.1, -0.05) is 12.8 Å². The molecule has 0 saturated carbocycles. The fraction of sp³-hybridized carbons (Fsp3) is 0.409. The smallest absolute Gasteiger partial charge is 0.251 e. The molecular weight excluding hydrogens is 352 g/mol. The predicted molar refractivity (Wildman–Crippen MR) is 114 cm³/mol. The zero-order valence-corrected chi connectivity index (χ0v) is 17.0. The van der Waals surface area contributed by atoms with Crippen molar-refractivity contribution in [1.29, 1.82) is 0 Å². The topological polar surface area (TPSA) is 66.3 Å². The molecular formula is C22H30N4O2. The standard InChI is InChI=1S/C22H30N4O2/c1-26(2)21-14-12-20(13-15-21)25-24-19-10-8-18(9-11-19)22(27)23-16-6-4-5-7-17-28-3/h8-15H,4-7,16-17H2,1-3H3,(H,23,27). The number of unbranched alkanes of at least 4 members (excludes halogenated alkanes) is 3. The third kappa shape index (κ3) is 7.48. The number of carbonyl (C=O) groups excluding carboxylic acids is 1. The van der Waals surface area contributed by atoms with Crippen LogP contribution >= 0.6 is 0 Å². The van der Waals surface area contributed by atoms with E-state index in [1.165, 1.54) is 0 Å². The second kappa shape index (κ2) is 11.9. The minimum atomic E-state index is -0.0559. The Balaban J connectivity index is 1.78. The van der Waals surface area contributed by atoms with Crippen LogP contribution in [0.15, 0.2) is 58.8 Å². The van der Waals surface area contributed by atoms with E-state index in [1.807, 2.05) is 43.3 Å². The highest BCUT2D eigenvalue weighted by atomic mass is 16.5. The number of azo groups is 1. The number of hydrogen-bond acceptors (Lipinski definition) is 5. The molecule has 6 nitrogen and oxygen atoms in total. The van der Waals surface area contributed by atoms with E-state index in [2.05, 4.69) is 15.5 Å². The molecule has 0 saturated heterocycles. The Bertz CT molecular complexity index is 740. The number of nitrogens with one attached hydrogen (secondary N) is 1. The van der Waals surface area contributed by atoms with E-state index >= 15 is 0 Å². The molecule has 2 aromatic carbocycles. The van der Waals surface area contributed by atoms with Gasteiger partial charge in [-0.25, -0.2) is 0 Å². The van der Waals surface area contributed by atoms with E-state index in [4.69, 9.17) is 4.74 Å². The van der Waals surface area contributed by atoms with Gasteiger partial charge in [-0.05, 0) is 61.4 Å². The maximum atomic E-state index is 12.2. The molecule has 0 heterocycles. The predicted octanol–water partition coefficient (Wildman–Crippen LogP) is 5.10. The molecule has 6 heteroatoms. The number of rotatable bonds is 11. The van der Waals surface area contributed by atoms with Crippen LogP contribution in [0.1, 0.15) is 36.0 Å². The summed E-state index contributed by atoms with van der Waals surface area (Å²) >= 11 is 0. The number of benzene rings is 2. The van der Waals surface area contributed by atoms with Gasteiger partial charge in [0.15, 0.2) is 0 Å². The Kier molecular flexibility index (Phi) is 9.15. The summed E-state index contributed by atoms with van der Waals surface area (Å²) < 4.78 is 5.02. The molecule has 1 N–H and O–H groups in total. The Labute approximate surface area is 167 Å². The third-order valence-electron chi connectivity index (χ3n) is 4.34. The second-order valence-corrected chi connectivity index (χ2v) is 6.82. The van der Waals surface area contributed by atoms with E-state index in [0.717, 1.165) is 43.7 Å². The van der Waals surface area contributed by atoms with Crippen LogP contribution in [0.4, 0.5) is 17.1 Å². The molecule has 150 valence electrons. The van der Waals surface area contributed by atoms with Crippen LogP contribution in [0.5, 0.6) is 0 Å². The number of amides is 1. The number of methoxy groups -OCH3 is 1. The van der Waals surface area contributed by atoms with Crippen LogP contribution in [-0.4, -0.2) is 40.3 Å². The molecule has 0 aliphatic carbocycles. The quantitative estimate of drug-likeness (QED) is 0.434. The minimum absolute atomic E-state index is 0.0559. The Morgan fingerprint density at radius 2 is 1.46 bits per heavy atom. The van der Waals surface area contributed by atoms with Crippen LogP contribution in [0, 0.1) is 0 Å². The zero-order chi connectivity index (χ0) is 20.2. The van der Waals surface area contributed by atoms with E-state index < -0.39 is 0 Å². The summed E-state index contributed by atoms with van der Waals surface area (Å²) in [6.07, 6.45) is 4.27.